The van der Waals surface area contributed by atoms with Gasteiger partial charge in [-0.3, -0.25) is 9.78 Å². The number of hydrogen-bond donors (Lipinski definition) is 2. The first-order valence-corrected chi connectivity index (χ1v) is 10.1. The summed E-state index contributed by atoms with van der Waals surface area (Å²) in [6, 6.07) is 4.17. The molecule has 1 atom stereocenters. The van der Waals surface area contributed by atoms with E-state index in [-0.39, 0.29) is 18.5 Å². The van der Waals surface area contributed by atoms with Crippen molar-refractivity contribution in [1.29, 1.82) is 0 Å². The predicted octanol–water partition coefficient (Wildman–Crippen LogP) is 2.79. The van der Waals surface area contributed by atoms with E-state index in [2.05, 4.69) is 42.0 Å². The highest BCUT2D eigenvalue weighted by molar-refractivity contribution is 5.74. The third-order valence-electron chi connectivity index (χ3n) is 5.38. The van der Waals surface area contributed by atoms with Crippen molar-refractivity contribution in [2.24, 2.45) is 5.92 Å². The highest BCUT2D eigenvalue weighted by Crippen LogP contribution is 2.16. The lowest BCUT2D eigenvalue weighted by atomic mass is 9.97. The lowest BCUT2D eigenvalue weighted by molar-refractivity contribution is -0.122. The number of aromatic nitrogens is 1. The maximum absolute atomic E-state index is 12.5. The lowest BCUT2D eigenvalue weighted by Gasteiger charge is -2.32. The van der Waals surface area contributed by atoms with Crippen molar-refractivity contribution in [3.8, 4) is 0 Å². The molecule has 1 aromatic rings. The van der Waals surface area contributed by atoms with Crippen LogP contribution < -0.4 is 5.32 Å². The molecule has 7 heteroatoms. The van der Waals surface area contributed by atoms with E-state index in [4.69, 9.17) is 9.90 Å². The van der Waals surface area contributed by atoms with Gasteiger partial charge in [-0.25, -0.2) is 4.79 Å². The van der Waals surface area contributed by atoms with Gasteiger partial charge in [-0.15, -0.1) is 0 Å². The Morgan fingerprint density at radius 2 is 2.11 bits per heavy atom. The molecule has 0 aliphatic carbocycles. The Labute approximate surface area is 169 Å². The number of likely N-dealkylation sites (tertiary alicyclic amines) is 1. The standard InChI is InChI=1S/C20H34N4O.CH2O2/c1-5-11-24-12-8-18(9-13-24)15-22-20(25)23(4)17(3)14-19-16(2)7-6-10-21-19;2-1-3/h6-7,10,17-18H,5,8-9,11-15H2,1-4H3,(H,22,25);1H,(H,2,3). The van der Waals surface area contributed by atoms with Gasteiger partial charge < -0.3 is 20.2 Å². The average Bonchev–Trinajstić information content (AvgIpc) is 2.69. The quantitative estimate of drug-likeness (QED) is 0.697. The zero-order valence-corrected chi connectivity index (χ0v) is 17.7. The summed E-state index contributed by atoms with van der Waals surface area (Å²) in [6.07, 6.45) is 6.20. The van der Waals surface area contributed by atoms with Crippen LogP contribution in [0.1, 0.15) is 44.4 Å². The van der Waals surface area contributed by atoms with Gasteiger partial charge in [0.25, 0.3) is 6.47 Å². The van der Waals surface area contributed by atoms with Gasteiger partial charge in [-0.05, 0) is 70.3 Å². The Morgan fingerprint density at radius 1 is 1.46 bits per heavy atom. The Kier molecular flexibility index (Phi) is 11.2. The number of likely N-dealkylation sites (N-methyl/N-ethyl adjacent to an activating group) is 1. The summed E-state index contributed by atoms with van der Waals surface area (Å²) >= 11 is 0. The molecule has 2 N–H and O–H groups in total. The van der Waals surface area contributed by atoms with Crippen molar-refractivity contribution in [3.63, 3.8) is 0 Å². The molecule has 2 amide bonds. The van der Waals surface area contributed by atoms with Crippen LogP contribution >= 0.6 is 0 Å². The lowest BCUT2D eigenvalue weighted by Crippen LogP contribution is -2.46. The number of carboxylic acid groups (broad SMARTS) is 1. The summed E-state index contributed by atoms with van der Waals surface area (Å²) in [5.74, 6) is 0.610. The molecule has 2 rings (SSSR count). The fourth-order valence-electron chi connectivity index (χ4n) is 3.44. The van der Waals surface area contributed by atoms with E-state index in [1.54, 1.807) is 4.90 Å². The summed E-state index contributed by atoms with van der Waals surface area (Å²) in [4.78, 5) is 29.6. The van der Waals surface area contributed by atoms with E-state index in [1.165, 1.54) is 44.5 Å². The topological polar surface area (TPSA) is 85.8 Å². The van der Waals surface area contributed by atoms with E-state index >= 15 is 0 Å². The molecule has 7 nitrogen and oxygen atoms in total. The van der Waals surface area contributed by atoms with Crippen molar-refractivity contribution in [1.82, 2.24) is 20.1 Å². The van der Waals surface area contributed by atoms with E-state index in [1.807, 2.05) is 19.3 Å². The van der Waals surface area contributed by atoms with Crippen LogP contribution in [-0.4, -0.2) is 71.7 Å². The fraction of sp³-hybridized carbons (Fsp3) is 0.667. The van der Waals surface area contributed by atoms with Crippen molar-refractivity contribution < 1.29 is 14.7 Å². The second kappa shape index (κ2) is 13.1. The number of urea groups is 1. The van der Waals surface area contributed by atoms with E-state index in [0.29, 0.717) is 5.92 Å². The molecule has 28 heavy (non-hydrogen) atoms. The van der Waals surface area contributed by atoms with Crippen molar-refractivity contribution in [2.45, 2.75) is 52.5 Å². The fourth-order valence-corrected chi connectivity index (χ4v) is 3.44. The molecule has 0 radical (unpaired) electrons. The monoisotopic (exact) mass is 392 g/mol. The van der Waals surface area contributed by atoms with Gasteiger partial charge in [0.2, 0.25) is 0 Å². The molecule has 2 heterocycles. The van der Waals surface area contributed by atoms with Crippen LogP contribution in [-0.2, 0) is 11.2 Å². The Balaban J connectivity index is 0.00000122. The predicted molar refractivity (Wildman–Crippen MR) is 111 cm³/mol. The third kappa shape index (κ3) is 8.25. The molecule has 1 aromatic heterocycles. The molecule has 1 aliphatic rings. The van der Waals surface area contributed by atoms with Crippen molar-refractivity contribution in [2.75, 3.05) is 33.2 Å². The Morgan fingerprint density at radius 3 is 2.68 bits per heavy atom. The van der Waals surface area contributed by atoms with Crippen LogP contribution in [0.4, 0.5) is 4.79 Å². The van der Waals surface area contributed by atoms with Gasteiger partial charge >= 0.3 is 6.03 Å². The number of carbonyl (C=O) groups excluding carboxylic acids is 1. The normalized spacial score (nSPS) is 15.9. The largest absolute Gasteiger partial charge is 0.483 e. The minimum atomic E-state index is -0.250. The number of pyridine rings is 1. The zero-order chi connectivity index (χ0) is 20.9. The number of amides is 2. The van der Waals surface area contributed by atoms with Gasteiger partial charge in [0, 0.05) is 37.9 Å². The smallest absolute Gasteiger partial charge is 0.317 e. The molecule has 1 fully saturated rings. The van der Waals surface area contributed by atoms with Crippen LogP contribution in [0.25, 0.3) is 0 Å². The maximum Gasteiger partial charge on any atom is 0.317 e. The first-order valence-electron chi connectivity index (χ1n) is 10.1. The van der Waals surface area contributed by atoms with Gasteiger partial charge in [0.05, 0.1) is 0 Å². The average molecular weight is 393 g/mol. The third-order valence-corrected chi connectivity index (χ3v) is 5.38. The number of nitrogens with one attached hydrogen (secondary N) is 1. The summed E-state index contributed by atoms with van der Waals surface area (Å²) in [6.45, 7) is 10.5. The van der Waals surface area contributed by atoms with Gasteiger partial charge in [-0.2, -0.15) is 0 Å². The molecular formula is C21H36N4O3. The second-order valence-electron chi connectivity index (χ2n) is 7.51. The molecule has 0 aromatic carbocycles. The molecule has 158 valence electrons. The number of aryl methyl sites for hydroxylation is 1. The minimum absolute atomic E-state index is 0.0251. The first kappa shape index (κ1) is 23.9. The number of carbonyl (C=O) groups is 2. The maximum atomic E-state index is 12.5. The van der Waals surface area contributed by atoms with Crippen LogP contribution in [0.2, 0.25) is 0 Å². The molecule has 1 saturated heterocycles. The summed E-state index contributed by atoms with van der Waals surface area (Å²) < 4.78 is 0. The summed E-state index contributed by atoms with van der Waals surface area (Å²) in [5, 5.41) is 10.0. The highest BCUT2D eigenvalue weighted by Gasteiger charge is 2.21. The van der Waals surface area contributed by atoms with Crippen molar-refractivity contribution >= 4 is 12.5 Å². The molecular weight excluding hydrogens is 356 g/mol. The van der Waals surface area contributed by atoms with Gasteiger partial charge in [0.1, 0.15) is 0 Å². The van der Waals surface area contributed by atoms with E-state index < -0.39 is 0 Å². The summed E-state index contributed by atoms with van der Waals surface area (Å²) in [5.41, 5.74) is 2.25. The SMILES string of the molecule is CCCN1CCC(CNC(=O)N(C)C(C)Cc2ncccc2C)CC1.O=CO. The molecule has 1 unspecified atom stereocenters. The number of hydrogen-bond acceptors (Lipinski definition) is 4. The van der Waals surface area contributed by atoms with Crippen LogP contribution in [0.5, 0.6) is 0 Å². The Hall–Kier alpha value is -2.15. The number of piperidine rings is 1. The molecule has 0 saturated carbocycles. The van der Waals surface area contributed by atoms with Crippen LogP contribution in [0.3, 0.4) is 0 Å². The van der Waals surface area contributed by atoms with E-state index in [9.17, 15) is 4.79 Å². The molecule has 1 aliphatic heterocycles. The Bertz CT molecular complexity index is 589. The minimum Gasteiger partial charge on any atom is -0.483 e. The van der Waals surface area contributed by atoms with Crippen molar-refractivity contribution in [3.05, 3.63) is 29.6 Å². The van der Waals surface area contributed by atoms with E-state index in [0.717, 1.165) is 18.7 Å². The van der Waals surface area contributed by atoms with Gasteiger partial charge in [0.15, 0.2) is 0 Å². The van der Waals surface area contributed by atoms with Crippen LogP contribution in [0, 0.1) is 12.8 Å². The second-order valence-corrected chi connectivity index (χ2v) is 7.51. The number of rotatable bonds is 7. The molecule has 0 spiro atoms. The first-order chi connectivity index (χ1) is 13.4. The van der Waals surface area contributed by atoms with Gasteiger partial charge in [-0.1, -0.05) is 13.0 Å². The van der Waals surface area contributed by atoms with Crippen LogP contribution in [0.15, 0.2) is 18.3 Å². The highest BCUT2D eigenvalue weighted by atomic mass is 16.3. The summed E-state index contributed by atoms with van der Waals surface area (Å²) in [7, 11) is 1.88. The molecule has 0 bridgehead atoms. The number of nitrogens with zero attached hydrogens (tertiary/aromatic N) is 3. The zero-order valence-electron chi connectivity index (χ0n) is 17.7.